The van der Waals surface area contributed by atoms with Gasteiger partial charge in [-0.05, 0) is 68.6 Å². The van der Waals surface area contributed by atoms with E-state index in [-0.39, 0.29) is 5.41 Å². The number of aliphatic carboxylic acids is 1. The summed E-state index contributed by atoms with van der Waals surface area (Å²) in [6, 6.07) is 0. The Morgan fingerprint density at radius 3 is 2.65 bits per heavy atom. The van der Waals surface area contributed by atoms with Crippen molar-refractivity contribution >= 4 is 11.8 Å². The summed E-state index contributed by atoms with van der Waals surface area (Å²) in [4.78, 5) is 23.2. The fraction of sp³-hybridized carbons (Fsp3) is 0.882. The molecule has 0 aromatic heterocycles. The number of carbonyl (C=O) groups is 2. The summed E-state index contributed by atoms with van der Waals surface area (Å²) in [5, 5.41) is 9.47. The van der Waals surface area contributed by atoms with E-state index in [1.54, 1.807) is 0 Å². The SMILES string of the molecule is C[C@]1(C(=O)O)CC[C@H]2[C@@H](CC[C@H]3CC(=O)CC[C@@]32C)C1. The van der Waals surface area contributed by atoms with Crippen molar-refractivity contribution in [2.75, 3.05) is 0 Å². The fourth-order valence-corrected chi connectivity index (χ4v) is 5.46. The standard InChI is InChI=1S/C17H26O3/c1-16(15(19)20)7-6-14-11(10-16)3-4-12-9-13(18)5-8-17(12,14)2/h11-12,14H,3-10H2,1-2H3,(H,19,20)/t11-,12-,14-,16-,17-/m0/s1. The van der Waals surface area contributed by atoms with Crippen LogP contribution in [0.2, 0.25) is 0 Å². The quantitative estimate of drug-likeness (QED) is 0.796. The molecule has 3 fully saturated rings. The molecule has 5 atom stereocenters. The van der Waals surface area contributed by atoms with Gasteiger partial charge in [0.2, 0.25) is 0 Å². The molecular weight excluding hydrogens is 252 g/mol. The Kier molecular flexibility index (Phi) is 3.22. The number of hydrogen-bond acceptors (Lipinski definition) is 2. The molecule has 112 valence electrons. The molecule has 0 spiro atoms. The van der Waals surface area contributed by atoms with Gasteiger partial charge in [0, 0.05) is 12.8 Å². The van der Waals surface area contributed by atoms with E-state index in [0.717, 1.165) is 51.4 Å². The average molecular weight is 278 g/mol. The van der Waals surface area contributed by atoms with Crippen molar-refractivity contribution in [2.45, 2.75) is 65.2 Å². The molecule has 3 aliphatic carbocycles. The predicted octanol–water partition coefficient (Wildman–Crippen LogP) is 3.66. The smallest absolute Gasteiger partial charge is 0.309 e. The van der Waals surface area contributed by atoms with Crippen LogP contribution in [0.1, 0.15) is 65.2 Å². The minimum absolute atomic E-state index is 0.288. The Hall–Kier alpha value is -0.860. The number of ketones is 1. The van der Waals surface area contributed by atoms with Crippen LogP contribution in [0.15, 0.2) is 0 Å². The zero-order valence-electron chi connectivity index (χ0n) is 12.7. The van der Waals surface area contributed by atoms with Crippen LogP contribution in [0.25, 0.3) is 0 Å². The molecule has 0 amide bonds. The summed E-state index contributed by atoms with van der Waals surface area (Å²) in [6.07, 6.45) is 7.47. The number of carboxylic acid groups (broad SMARTS) is 1. The minimum Gasteiger partial charge on any atom is -0.481 e. The Labute approximate surface area is 121 Å². The Morgan fingerprint density at radius 2 is 1.95 bits per heavy atom. The van der Waals surface area contributed by atoms with Gasteiger partial charge < -0.3 is 5.11 Å². The zero-order chi connectivity index (χ0) is 14.5. The van der Waals surface area contributed by atoms with Gasteiger partial charge in [-0.15, -0.1) is 0 Å². The molecule has 0 aliphatic heterocycles. The lowest BCUT2D eigenvalue weighted by Gasteiger charge is -2.57. The maximum atomic E-state index is 11.7. The third kappa shape index (κ3) is 2.01. The van der Waals surface area contributed by atoms with Gasteiger partial charge in [0.05, 0.1) is 5.41 Å². The molecular formula is C17H26O3. The predicted molar refractivity (Wildman–Crippen MR) is 76.3 cm³/mol. The van der Waals surface area contributed by atoms with E-state index in [1.165, 1.54) is 0 Å². The molecule has 0 saturated heterocycles. The summed E-state index contributed by atoms with van der Waals surface area (Å²) < 4.78 is 0. The number of hydrogen-bond donors (Lipinski definition) is 1. The summed E-state index contributed by atoms with van der Waals surface area (Å²) in [5.41, 5.74) is -0.231. The second-order valence-corrected chi connectivity index (χ2v) is 8.00. The summed E-state index contributed by atoms with van der Waals surface area (Å²) >= 11 is 0. The normalized spacial score (nSPS) is 48.3. The van der Waals surface area contributed by atoms with Crippen molar-refractivity contribution in [2.24, 2.45) is 28.6 Å². The van der Waals surface area contributed by atoms with Crippen molar-refractivity contribution in [1.29, 1.82) is 0 Å². The van der Waals surface area contributed by atoms with Gasteiger partial charge in [0.1, 0.15) is 5.78 Å². The van der Waals surface area contributed by atoms with Gasteiger partial charge in [-0.2, -0.15) is 0 Å². The van der Waals surface area contributed by atoms with E-state index in [2.05, 4.69) is 6.92 Å². The highest BCUT2D eigenvalue weighted by atomic mass is 16.4. The first-order chi connectivity index (χ1) is 9.35. The molecule has 0 aromatic carbocycles. The van der Waals surface area contributed by atoms with E-state index in [4.69, 9.17) is 0 Å². The molecule has 3 rings (SSSR count). The van der Waals surface area contributed by atoms with Gasteiger partial charge in [-0.25, -0.2) is 0 Å². The van der Waals surface area contributed by atoms with E-state index < -0.39 is 11.4 Å². The van der Waals surface area contributed by atoms with Crippen LogP contribution < -0.4 is 0 Å². The van der Waals surface area contributed by atoms with Crippen molar-refractivity contribution < 1.29 is 14.7 Å². The highest BCUT2D eigenvalue weighted by Crippen LogP contribution is 2.60. The van der Waals surface area contributed by atoms with Crippen molar-refractivity contribution in [3.05, 3.63) is 0 Å². The fourth-order valence-electron chi connectivity index (χ4n) is 5.46. The Balaban J connectivity index is 1.82. The molecule has 20 heavy (non-hydrogen) atoms. The lowest BCUT2D eigenvalue weighted by molar-refractivity contribution is -0.157. The number of Topliss-reactive ketones (excluding diaryl/α,β-unsaturated/α-hetero) is 1. The molecule has 3 saturated carbocycles. The van der Waals surface area contributed by atoms with Gasteiger partial charge in [0.25, 0.3) is 0 Å². The van der Waals surface area contributed by atoms with Gasteiger partial charge in [-0.3, -0.25) is 9.59 Å². The lowest BCUT2D eigenvalue weighted by Crippen LogP contribution is -2.51. The van der Waals surface area contributed by atoms with Crippen LogP contribution in [0.5, 0.6) is 0 Å². The monoisotopic (exact) mass is 278 g/mol. The number of rotatable bonds is 1. The number of carbonyl (C=O) groups excluding carboxylic acids is 1. The third-order valence-electron chi connectivity index (χ3n) is 6.89. The first kappa shape index (κ1) is 14.1. The number of carboxylic acids is 1. The first-order valence-corrected chi connectivity index (χ1v) is 8.10. The van der Waals surface area contributed by atoms with Crippen LogP contribution in [-0.2, 0) is 9.59 Å². The first-order valence-electron chi connectivity index (χ1n) is 8.10. The highest BCUT2D eigenvalue weighted by Gasteiger charge is 2.54. The second-order valence-electron chi connectivity index (χ2n) is 8.00. The van der Waals surface area contributed by atoms with Gasteiger partial charge >= 0.3 is 5.97 Å². The van der Waals surface area contributed by atoms with E-state index in [1.807, 2.05) is 6.92 Å². The van der Waals surface area contributed by atoms with Gasteiger partial charge in [-0.1, -0.05) is 6.92 Å². The van der Waals surface area contributed by atoms with Crippen molar-refractivity contribution in [3.8, 4) is 0 Å². The molecule has 0 radical (unpaired) electrons. The van der Waals surface area contributed by atoms with E-state index >= 15 is 0 Å². The minimum atomic E-state index is -0.623. The molecule has 3 aliphatic rings. The maximum Gasteiger partial charge on any atom is 0.309 e. The van der Waals surface area contributed by atoms with Crippen LogP contribution in [0.4, 0.5) is 0 Å². The molecule has 0 bridgehead atoms. The lowest BCUT2D eigenvalue weighted by atomic mass is 9.47. The maximum absolute atomic E-state index is 11.7. The Bertz CT molecular complexity index is 444. The topological polar surface area (TPSA) is 54.4 Å². The van der Waals surface area contributed by atoms with Crippen LogP contribution in [0.3, 0.4) is 0 Å². The highest BCUT2D eigenvalue weighted by molar-refractivity contribution is 5.79. The van der Waals surface area contributed by atoms with Crippen LogP contribution in [0, 0.1) is 28.6 Å². The molecule has 1 N–H and O–H groups in total. The molecule has 0 unspecified atom stereocenters. The van der Waals surface area contributed by atoms with Crippen molar-refractivity contribution in [1.82, 2.24) is 0 Å². The van der Waals surface area contributed by atoms with Crippen LogP contribution >= 0.6 is 0 Å². The Morgan fingerprint density at radius 1 is 1.20 bits per heavy atom. The van der Waals surface area contributed by atoms with Crippen LogP contribution in [-0.4, -0.2) is 16.9 Å². The van der Waals surface area contributed by atoms with Crippen molar-refractivity contribution in [3.63, 3.8) is 0 Å². The molecule has 0 heterocycles. The number of fused-ring (bicyclic) bond motifs is 3. The average Bonchev–Trinajstić information content (AvgIpc) is 2.39. The zero-order valence-corrected chi connectivity index (χ0v) is 12.7. The summed E-state index contributed by atoms with van der Waals surface area (Å²) in [5.74, 6) is 1.57. The molecule has 3 nitrogen and oxygen atoms in total. The largest absolute Gasteiger partial charge is 0.481 e. The summed E-state index contributed by atoms with van der Waals surface area (Å²) in [7, 11) is 0. The third-order valence-corrected chi connectivity index (χ3v) is 6.89. The molecule has 0 aromatic rings. The van der Waals surface area contributed by atoms with E-state index in [0.29, 0.717) is 23.5 Å². The van der Waals surface area contributed by atoms with E-state index in [9.17, 15) is 14.7 Å². The molecule has 3 heteroatoms. The summed E-state index contributed by atoms with van der Waals surface area (Å²) in [6.45, 7) is 4.30. The second kappa shape index (κ2) is 4.57. The van der Waals surface area contributed by atoms with Gasteiger partial charge in [0.15, 0.2) is 0 Å².